The topological polar surface area (TPSA) is 132 Å². The fraction of sp³-hybridized carbons (Fsp3) is 0.286. The average Bonchev–Trinajstić information content (AvgIpc) is 2.77. The first-order chi connectivity index (χ1) is 16.0. The van der Waals surface area contributed by atoms with Crippen molar-refractivity contribution in [1.29, 1.82) is 0 Å². The standard InChI is InChI=1S/C21H21F3N6O3S/c1-13(14-5-8-16(9-6-14)34(25,31)32)27-20-29-17-10-7-15(4-3-11-33-2)28-18(17)19(30-20)26-12-21(22,23)24/h5-10,13H,11-12H2,1-2H3,(H2,25,31,32)(H2,26,27,29,30)/t13-/m1/s1. The van der Waals surface area contributed by atoms with Crippen LogP contribution < -0.4 is 15.8 Å². The van der Waals surface area contributed by atoms with Crippen molar-refractivity contribution in [3.63, 3.8) is 0 Å². The van der Waals surface area contributed by atoms with Crippen molar-refractivity contribution in [3.8, 4) is 11.8 Å². The maximum absolute atomic E-state index is 12.8. The Morgan fingerprint density at radius 3 is 2.44 bits per heavy atom. The number of pyridine rings is 1. The van der Waals surface area contributed by atoms with Gasteiger partial charge in [-0.25, -0.2) is 23.5 Å². The maximum atomic E-state index is 12.8. The highest BCUT2D eigenvalue weighted by molar-refractivity contribution is 7.89. The zero-order valence-corrected chi connectivity index (χ0v) is 19.0. The van der Waals surface area contributed by atoms with Crippen molar-refractivity contribution in [2.75, 3.05) is 30.9 Å². The number of anilines is 2. The van der Waals surface area contributed by atoms with Crippen molar-refractivity contribution in [3.05, 3.63) is 47.7 Å². The number of benzene rings is 1. The average molecular weight is 494 g/mol. The molecule has 2 heterocycles. The third-order valence-electron chi connectivity index (χ3n) is 4.49. The van der Waals surface area contributed by atoms with Crippen LogP contribution in [0, 0.1) is 11.8 Å². The van der Waals surface area contributed by atoms with E-state index in [1.165, 1.54) is 19.2 Å². The van der Waals surface area contributed by atoms with Crippen LogP contribution >= 0.6 is 0 Å². The van der Waals surface area contributed by atoms with E-state index in [9.17, 15) is 21.6 Å². The summed E-state index contributed by atoms with van der Waals surface area (Å²) < 4.78 is 66.3. The molecule has 0 fully saturated rings. The second-order valence-corrected chi connectivity index (χ2v) is 8.71. The Balaban J connectivity index is 1.94. The van der Waals surface area contributed by atoms with Crippen molar-refractivity contribution in [2.45, 2.75) is 24.0 Å². The van der Waals surface area contributed by atoms with E-state index in [4.69, 9.17) is 9.88 Å². The van der Waals surface area contributed by atoms with Gasteiger partial charge in [-0.1, -0.05) is 18.1 Å². The summed E-state index contributed by atoms with van der Waals surface area (Å²) in [5.74, 6) is 5.43. The lowest BCUT2D eigenvalue weighted by Gasteiger charge is -2.17. The molecule has 0 radical (unpaired) electrons. The third-order valence-corrected chi connectivity index (χ3v) is 5.42. The number of methoxy groups -OCH3 is 1. The van der Waals surface area contributed by atoms with Crippen molar-refractivity contribution >= 4 is 32.8 Å². The Labute approximate surface area is 194 Å². The molecule has 9 nitrogen and oxygen atoms in total. The Hall–Kier alpha value is -3.47. The number of hydrogen-bond donors (Lipinski definition) is 3. The normalized spacial score (nSPS) is 12.6. The van der Waals surface area contributed by atoms with Gasteiger partial charge in [0.05, 0.1) is 16.5 Å². The first-order valence-corrected chi connectivity index (χ1v) is 11.4. The number of nitrogens with two attached hydrogens (primary N) is 1. The van der Waals surface area contributed by atoms with Crippen LogP contribution in [0.5, 0.6) is 0 Å². The predicted molar refractivity (Wildman–Crippen MR) is 120 cm³/mol. The maximum Gasteiger partial charge on any atom is 0.405 e. The lowest BCUT2D eigenvalue weighted by molar-refractivity contribution is -0.115. The highest BCUT2D eigenvalue weighted by Gasteiger charge is 2.27. The second kappa shape index (κ2) is 10.2. The van der Waals surface area contributed by atoms with E-state index in [1.54, 1.807) is 31.2 Å². The number of nitrogens with zero attached hydrogens (tertiary/aromatic N) is 3. The molecular formula is C21H21F3N6O3S. The number of rotatable bonds is 7. The quantitative estimate of drug-likeness (QED) is 0.427. The molecule has 180 valence electrons. The summed E-state index contributed by atoms with van der Waals surface area (Å²) in [4.78, 5) is 12.8. The van der Waals surface area contributed by atoms with Crippen LogP contribution in [0.2, 0.25) is 0 Å². The van der Waals surface area contributed by atoms with Gasteiger partial charge in [0, 0.05) is 7.11 Å². The smallest absolute Gasteiger partial charge is 0.372 e. The van der Waals surface area contributed by atoms with Gasteiger partial charge in [-0.05, 0) is 42.7 Å². The lowest BCUT2D eigenvalue weighted by atomic mass is 10.1. The molecule has 3 rings (SSSR count). The number of ether oxygens (including phenoxy) is 1. The molecule has 0 aliphatic rings. The van der Waals surface area contributed by atoms with Gasteiger partial charge in [0.2, 0.25) is 16.0 Å². The molecule has 0 saturated heterocycles. The molecule has 0 aliphatic carbocycles. The van der Waals surface area contributed by atoms with E-state index in [-0.39, 0.29) is 28.8 Å². The number of primary sulfonamides is 1. The first kappa shape index (κ1) is 25.2. The summed E-state index contributed by atoms with van der Waals surface area (Å²) in [7, 11) is -2.35. The van der Waals surface area contributed by atoms with Gasteiger partial charge in [-0.2, -0.15) is 18.2 Å². The van der Waals surface area contributed by atoms with Gasteiger partial charge in [-0.3, -0.25) is 0 Å². The first-order valence-electron chi connectivity index (χ1n) is 9.83. The highest BCUT2D eigenvalue weighted by atomic mass is 32.2. The van der Waals surface area contributed by atoms with E-state index < -0.39 is 28.8 Å². The molecule has 3 aromatic rings. The molecule has 0 saturated carbocycles. The molecule has 13 heteroatoms. The van der Waals surface area contributed by atoms with Crippen molar-refractivity contribution in [2.24, 2.45) is 5.14 Å². The number of fused-ring (bicyclic) bond motifs is 1. The Morgan fingerprint density at radius 1 is 1.12 bits per heavy atom. The summed E-state index contributed by atoms with van der Waals surface area (Å²) in [5, 5.41) is 10.4. The highest BCUT2D eigenvalue weighted by Crippen LogP contribution is 2.25. The van der Waals surface area contributed by atoms with Crippen LogP contribution in [0.4, 0.5) is 24.9 Å². The minimum absolute atomic E-state index is 0.0421. The largest absolute Gasteiger partial charge is 0.405 e. The molecule has 0 amide bonds. The number of sulfonamides is 1. The number of halogens is 3. The van der Waals surface area contributed by atoms with Gasteiger partial charge in [0.15, 0.2) is 5.82 Å². The van der Waals surface area contributed by atoms with E-state index in [2.05, 4.69) is 37.4 Å². The van der Waals surface area contributed by atoms with E-state index in [0.29, 0.717) is 16.8 Å². The van der Waals surface area contributed by atoms with Crippen molar-refractivity contribution < 1.29 is 26.3 Å². The minimum Gasteiger partial charge on any atom is -0.372 e. The number of aromatic nitrogens is 3. The zero-order chi connectivity index (χ0) is 24.9. The van der Waals surface area contributed by atoms with Crippen LogP contribution in [-0.2, 0) is 14.8 Å². The summed E-state index contributed by atoms with van der Waals surface area (Å²) in [6.45, 7) is 0.619. The Morgan fingerprint density at radius 2 is 1.82 bits per heavy atom. The van der Waals surface area contributed by atoms with E-state index in [0.717, 1.165) is 0 Å². The van der Waals surface area contributed by atoms with Crippen molar-refractivity contribution in [1.82, 2.24) is 15.0 Å². The Kier molecular flexibility index (Phi) is 7.55. The molecule has 2 aromatic heterocycles. The summed E-state index contributed by atoms with van der Waals surface area (Å²) in [6, 6.07) is 8.60. The minimum atomic E-state index is -4.47. The molecule has 1 atom stereocenters. The van der Waals surface area contributed by atoms with Gasteiger partial charge in [0.25, 0.3) is 0 Å². The van der Waals surface area contributed by atoms with Gasteiger partial charge in [0.1, 0.15) is 24.4 Å². The number of alkyl halides is 3. The lowest BCUT2D eigenvalue weighted by Crippen LogP contribution is -2.22. The molecular weight excluding hydrogens is 473 g/mol. The molecule has 0 aliphatic heterocycles. The van der Waals surface area contributed by atoms with Crippen LogP contribution in [-0.4, -0.2) is 49.8 Å². The monoisotopic (exact) mass is 494 g/mol. The second-order valence-electron chi connectivity index (χ2n) is 7.14. The van der Waals surface area contributed by atoms with Crippen LogP contribution in [0.25, 0.3) is 11.0 Å². The summed E-state index contributed by atoms with van der Waals surface area (Å²) in [5.41, 5.74) is 1.44. The third kappa shape index (κ3) is 6.77. The molecule has 4 N–H and O–H groups in total. The zero-order valence-electron chi connectivity index (χ0n) is 18.1. The fourth-order valence-corrected chi connectivity index (χ4v) is 3.39. The molecule has 0 bridgehead atoms. The molecule has 34 heavy (non-hydrogen) atoms. The SMILES string of the molecule is COCC#Cc1ccc2nc(N[C@H](C)c3ccc(S(N)(=O)=O)cc3)nc(NCC(F)(F)F)c2n1. The van der Waals surface area contributed by atoms with Gasteiger partial charge in [-0.15, -0.1) is 0 Å². The van der Waals surface area contributed by atoms with Gasteiger partial charge < -0.3 is 15.4 Å². The molecule has 0 unspecified atom stereocenters. The number of hydrogen-bond acceptors (Lipinski definition) is 8. The van der Waals surface area contributed by atoms with Gasteiger partial charge >= 0.3 is 6.18 Å². The van der Waals surface area contributed by atoms with E-state index >= 15 is 0 Å². The van der Waals surface area contributed by atoms with Crippen LogP contribution in [0.1, 0.15) is 24.2 Å². The summed E-state index contributed by atoms with van der Waals surface area (Å²) in [6.07, 6.45) is -4.47. The Bertz CT molecular complexity index is 1340. The van der Waals surface area contributed by atoms with Crippen LogP contribution in [0.3, 0.4) is 0 Å². The fourth-order valence-electron chi connectivity index (χ4n) is 2.88. The number of nitrogens with one attached hydrogen (secondary N) is 2. The molecule has 0 spiro atoms. The molecule has 1 aromatic carbocycles. The summed E-state index contributed by atoms with van der Waals surface area (Å²) >= 11 is 0. The van der Waals surface area contributed by atoms with Crippen LogP contribution in [0.15, 0.2) is 41.3 Å². The predicted octanol–water partition coefficient (Wildman–Crippen LogP) is 2.82. The van der Waals surface area contributed by atoms with E-state index in [1.807, 2.05) is 0 Å².